The van der Waals surface area contributed by atoms with Crippen molar-refractivity contribution in [2.45, 2.75) is 6.04 Å². The summed E-state index contributed by atoms with van der Waals surface area (Å²) in [4.78, 5) is 10.9. The number of ether oxygens (including phenoxy) is 1. The summed E-state index contributed by atoms with van der Waals surface area (Å²) in [5.74, 6) is -0.157. The van der Waals surface area contributed by atoms with Gasteiger partial charge < -0.3 is 10.1 Å². The van der Waals surface area contributed by atoms with Crippen LogP contribution in [0.15, 0.2) is 0 Å². The van der Waals surface area contributed by atoms with E-state index in [2.05, 4.69) is 15.4 Å². The zero-order valence-electron chi connectivity index (χ0n) is 6.09. The highest BCUT2D eigenvalue weighted by Gasteiger charge is 2.22. The maximum atomic E-state index is 10.9. The summed E-state index contributed by atoms with van der Waals surface area (Å²) in [5.41, 5.74) is 0. The molecule has 4 nitrogen and oxygen atoms in total. The van der Waals surface area contributed by atoms with E-state index in [1.165, 1.54) is 7.11 Å². The van der Waals surface area contributed by atoms with Gasteiger partial charge in [-0.2, -0.15) is 0 Å². The van der Waals surface area contributed by atoms with Crippen LogP contribution in [-0.2, 0) is 9.53 Å². The molecule has 1 heterocycles. The van der Waals surface area contributed by atoms with Gasteiger partial charge in [0.2, 0.25) is 0 Å². The molecule has 1 saturated heterocycles. The molecule has 4 heteroatoms. The molecular formula is C6H13N2O2+. The Labute approximate surface area is 59.9 Å². The number of quaternary nitrogens is 1. The van der Waals surface area contributed by atoms with E-state index in [4.69, 9.17) is 0 Å². The van der Waals surface area contributed by atoms with E-state index in [9.17, 15) is 4.79 Å². The lowest BCUT2D eigenvalue weighted by Gasteiger charge is -2.18. The first-order chi connectivity index (χ1) is 4.84. The molecule has 0 aromatic carbocycles. The van der Waals surface area contributed by atoms with Gasteiger partial charge >= 0.3 is 5.97 Å². The van der Waals surface area contributed by atoms with Gasteiger partial charge in [-0.15, -0.1) is 0 Å². The standard InChI is InChI=1S/C6H12N2O2/c1-10-6(9)5-4-7-2-3-8-5/h5,7-8H,2-4H2,1H3/p+1/t5-/m1/s1. The number of nitrogens with one attached hydrogen (secondary N) is 1. The van der Waals surface area contributed by atoms with Crippen LogP contribution in [0.2, 0.25) is 0 Å². The number of carbonyl (C=O) groups excluding carboxylic acids is 1. The Hall–Kier alpha value is -0.610. The van der Waals surface area contributed by atoms with Gasteiger partial charge in [-0.25, -0.2) is 0 Å². The SMILES string of the molecule is COC(=O)[C@H]1C[NH2+]CCN1. The molecule has 0 saturated carbocycles. The second kappa shape index (κ2) is 3.53. The lowest BCUT2D eigenvalue weighted by molar-refractivity contribution is -0.661. The summed E-state index contributed by atoms with van der Waals surface area (Å²) < 4.78 is 4.57. The van der Waals surface area contributed by atoms with Crippen molar-refractivity contribution in [2.75, 3.05) is 26.7 Å². The predicted octanol–water partition coefficient (Wildman–Crippen LogP) is -2.31. The maximum absolute atomic E-state index is 10.9. The summed E-state index contributed by atoms with van der Waals surface area (Å²) in [7, 11) is 1.42. The van der Waals surface area contributed by atoms with Crippen molar-refractivity contribution in [2.24, 2.45) is 0 Å². The lowest BCUT2D eigenvalue weighted by atomic mass is 10.2. The van der Waals surface area contributed by atoms with Gasteiger partial charge in [0.25, 0.3) is 0 Å². The molecule has 1 aliphatic heterocycles. The molecule has 0 aromatic rings. The first kappa shape index (κ1) is 7.50. The Morgan fingerprint density at radius 1 is 1.80 bits per heavy atom. The summed E-state index contributed by atoms with van der Waals surface area (Å²) in [6, 6.07) is -0.0984. The molecule has 0 aliphatic carbocycles. The minimum Gasteiger partial charge on any atom is -0.468 e. The smallest absolute Gasteiger partial charge is 0.328 e. The molecule has 3 N–H and O–H groups in total. The van der Waals surface area contributed by atoms with Crippen LogP contribution >= 0.6 is 0 Å². The number of esters is 1. The summed E-state index contributed by atoms with van der Waals surface area (Å²) >= 11 is 0. The molecule has 1 aliphatic rings. The largest absolute Gasteiger partial charge is 0.468 e. The van der Waals surface area contributed by atoms with Crippen LogP contribution in [0.25, 0.3) is 0 Å². The molecule has 0 radical (unpaired) electrons. The third-order valence-corrected chi connectivity index (χ3v) is 1.63. The molecule has 0 spiro atoms. The highest BCUT2D eigenvalue weighted by Crippen LogP contribution is 1.84. The van der Waals surface area contributed by atoms with Crippen molar-refractivity contribution in [3.05, 3.63) is 0 Å². The average Bonchev–Trinajstić information content (AvgIpc) is 2.05. The van der Waals surface area contributed by atoms with Gasteiger partial charge in [-0.05, 0) is 0 Å². The van der Waals surface area contributed by atoms with E-state index in [0.29, 0.717) is 0 Å². The Morgan fingerprint density at radius 2 is 2.60 bits per heavy atom. The molecule has 0 amide bonds. The Morgan fingerprint density at radius 3 is 3.10 bits per heavy atom. The molecule has 0 aromatic heterocycles. The number of piperazine rings is 1. The first-order valence-electron chi connectivity index (χ1n) is 3.47. The minimum atomic E-state index is -0.157. The van der Waals surface area contributed by atoms with E-state index in [1.54, 1.807) is 0 Å². The third-order valence-electron chi connectivity index (χ3n) is 1.63. The molecule has 1 rings (SSSR count). The van der Waals surface area contributed by atoms with Crippen molar-refractivity contribution < 1.29 is 14.8 Å². The fourth-order valence-corrected chi connectivity index (χ4v) is 1.05. The quantitative estimate of drug-likeness (QED) is 0.408. The average molecular weight is 145 g/mol. The van der Waals surface area contributed by atoms with Gasteiger partial charge in [-0.3, -0.25) is 10.1 Å². The Balaban J connectivity index is 2.31. The van der Waals surface area contributed by atoms with Gasteiger partial charge in [0.05, 0.1) is 13.7 Å². The van der Waals surface area contributed by atoms with Crippen LogP contribution in [0.1, 0.15) is 0 Å². The number of methoxy groups -OCH3 is 1. The van der Waals surface area contributed by atoms with E-state index < -0.39 is 0 Å². The second-order valence-electron chi connectivity index (χ2n) is 2.34. The Kier molecular flexibility index (Phi) is 2.65. The fraction of sp³-hybridized carbons (Fsp3) is 0.833. The summed E-state index contributed by atoms with van der Waals surface area (Å²) in [5, 5.41) is 5.17. The topological polar surface area (TPSA) is 54.9 Å². The van der Waals surface area contributed by atoms with Gasteiger partial charge in [0.15, 0.2) is 6.04 Å². The zero-order chi connectivity index (χ0) is 7.40. The fourth-order valence-electron chi connectivity index (χ4n) is 1.05. The van der Waals surface area contributed by atoms with Gasteiger partial charge in [0, 0.05) is 6.54 Å². The lowest BCUT2D eigenvalue weighted by Crippen LogP contribution is -2.92. The van der Waals surface area contributed by atoms with Crippen LogP contribution in [0.3, 0.4) is 0 Å². The van der Waals surface area contributed by atoms with Gasteiger partial charge in [0.1, 0.15) is 6.54 Å². The maximum Gasteiger partial charge on any atom is 0.328 e. The van der Waals surface area contributed by atoms with Crippen LogP contribution in [0.4, 0.5) is 0 Å². The summed E-state index contributed by atoms with van der Waals surface area (Å²) in [6.45, 7) is 2.74. The van der Waals surface area contributed by atoms with Crippen LogP contribution < -0.4 is 10.6 Å². The van der Waals surface area contributed by atoms with E-state index >= 15 is 0 Å². The third kappa shape index (κ3) is 1.68. The van der Waals surface area contributed by atoms with Gasteiger partial charge in [-0.1, -0.05) is 0 Å². The van der Waals surface area contributed by atoms with Crippen LogP contribution in [-0.4, -0.2) is 38.8 Å². The molecule has 58 valence electrons. The van der Waals surface area contributed by atoms with E-state index in [-0.39, 0.29) is 12.0 Å². The normalized spacial score (nSPS) is 25.9. The number of hydrogen-bond acceptors (Lipinski definition) is 3. The van der Waals surface area contributed by atoms with Crippen molar-refractivity contribution in [1.29, 1.82) is 0 Å². The monoisotopic (exact) mass is 145 g/mol. The van der Waals surface area contributed by atoms with Crippen molar-refractivity contribution in [3.8, 4) is 0 Å². The molecule has 10 heavy (non-hydrogen) atoms. The van der Waals surface area contributed by atoms with E-state index in [0.717, 1.165) is 19.6 Å². The van der Waals surface area contributed by atoms with Crippen molar-refractivity contribution >= 4 is 5.97 Å². The zero-order valence-corrected chi connectivity index (χ0v) is 6.09. The molecule has 0 bridgehead atoms. The number of hydrogen-bond donors (Lipinski definition) is 2. The number of nitrogens with two attached hydrogens (primary N) is 1. The molecule has 0 unspecified atom stereocenters. The number of rotatable bonds is 1. The molecular weight excluding hydrogens is 132 g/mol. The minimum absolute atomic E-state index is 0.0984. The van der Waals surface area contributed by atoms with Crippen molar-refractivity contribution in [1.82, 2.24) is 5.32 Å². The highest BCUT2D eigenvalue weighted by atomic mass is 16.5. The Bertz CT molecular complexity index is 121. The van der Waals surface area contributed by atoms with E-state index in [1.807, 2.05) is 0 Å². The number of carbonyl (C=O) groups is 1. The molecule has 1 atom stereocenters. The molecule has 1 fully saturated rings. The first-order valence-corrected chi connectivity index (χ1v) is 3.47. The summed E-state index contributed by atoms with van der Waals surface area (Å²) in [6.07, 6.45) is 0. The van der Waals surface area contributed by atoms with Crippen LogP contribution in [0.5, 0.6) is 0 Å². The van der Waals surface area contributed by atoms with Crippen LogP contribution in [0, 0.1) is 0 Å². The second-order valence-corrected chi connectivity index (χ2v) is 2.34. The van der Waals surface area contributed by atoms with Crippen molar-refractivity contribution in [3.63, 3.8) is 0 Å². The predicted molar refractivity (Wildman–Crippen MR) is 35.5 cm³/mol. The highest BCUT2D eigenvalue weighted by molar-refractivity contribution is 5.75.